The van der Waals surface area contributed by atoms with Crippen molar-refractivity contribution in [2.75, 3.05) is 0 Å². The molecule has 6 heterocycles. The van der Waals surface area contributed by atoms with Gasteiger partial charge < -0.3 is 29.8 Å². The Bertz CT molecular complexity index is 2210. The van der Waals surface area contributed by atoms with E-state index in [1.54, 1.807) is 0 Å². The van der Waals surface area contributed by atoms with E-state index in [0.29, 0.717) is 24.8 Å². The van der Waals surface area contributed by atoms with Gasteiger partial charge >= 0.3 is 6.09 Å². The summed E-state index contributed by atoms with van der Waals surface area (Å²) in [6.45, 7) is 2.28. The second-order valence-corrected chi connectivity index (χ2v) is 16.9. The minimum absolute atomic E-state index is 0.00300. The number of hydrogen-bond donors (Lipinski definition) is 3. The lowest BCUT2D eigenvalue weighted by atomic mass is 9.94. The van der Waals surface area contributed by atoms with Crippen molar-refractivity contribution in [3.05, 3.63) is 95.6 Å². The SMILES string of the molecule is C[C@H]1CCCC[C@H]2CC[C@@H](Cc3c(-c4[nH]c5ccccc5c4C[C@@H]4CC[C@@H]5CCCCC(NC(=O)OCc6ccccc6)C(=O)N54)[nH]c4ccccc34)N2C1=O. The number of aromatic amines is 2. The van der Waals surface area contributed by atoms with Crippen LogP contribution in [0.5, 0.6) is 0 Å². The smallest absolute Gasteiger partial charge is 0.408 e. The Kier molecular flexibility index (Phi) is 10.3. The van der Waals surface area contributed by atoms with E-state index in [2.05, 4.69) is 80.5 Å². The molecule has 56 heavy (non-hydrogen) atoms. The lowest BCUT2D eigenvalue weighted by Gasteiger charge is -2.36. The third-order valence-corrected chi connectivity index (χ3v) is 13.4. The first-order valence-electron chi connectivity index (χ1n) is 21.2. The fourth-order valence-corrected chi connectivity index (χ4v) is 10.6. The molecule has 3 N–H and O–H groups in total. The predicted octanol–water partition coefficient (Wildman–Crippen LogP) is 9.20. The highest BCUT2D eigenvalue weighted by Gasteiger charge is 2.43. The van der Waals surface area contributed by atoms with Gasteiger partial charge in [0.15, 0.2) is 0 Å². The number of carbonyl (C=O) groups is 3. The number of nitrogens with one attached hydrogen (secondary N) is 3. The maximum atomic E-state index is 14.5. The zero-order valence-electron chi connectivity index (χ0n) is 32.6. The summed E-state index contributed by atoms with van der Waals surface area (Å²) in [5.74, 6) is 0.400. The van der Waals surface area contributed by atoms with E-state index in [1.807, 2.05) is 30.3 Å². The Labute approximate surface area is 329 Å². The molecule has 4 fully saturated rings. The second kappa shape index (κ2) is 15.8. The van der Waals surface area contributed by atoms with Gasteiger partial charge in [0.2, 0.25) is 11.8 Å². The van der Waals surface area contributed by atoms with Crippen molar-refractivity contribution in [3.8, 4) is 11.4 Å². The molecule has 9 heteroatoms. The number of carbonyl (C=O) groups excluding carboxylic acids is 3. The average molecular weight is 754 g/mol. The standard InChI is InChI=1S/C47H55N5O4/c1-30-13-5-6-16-32-23-25-34(51(32)45(30)53)27-38-36-18-8-11-20-40(36)48-43(38)44-39(37-19-9-12-21-41(37)49-44)28-35-26-24-33-17-7-10-22-42(46(54)52(33)35)50-47(55)56-29-31-14-3-2-4-15-31/h2-4,8-9,11-12,14-15,18-21,30,32-35,42,48-49H,5-7,10,13,16-17,22-29H2,1H3,(H,50,55)/t30-,32-,33-,34-,35-,42?/m0/s1. The zero-order chi connectivity index (χ0) is 38.2. The molecular formula is C47H55N5O4. The van der Waals surface area contributed by atoms with Crippen molar-refractivity contribution in [3.63, 3.8) is 0 Å². The van der Waals surface area contributed by atoms with E-state index < -0.39 is 12.1 Å². The Morgan fingerprint density at radius 3 is 1.77 bits per heavy atom. The molecule has 6 atom stereocenters. The minimum Gasteiger partial charge on any atom is -0.445 e. The first-order chi connectivity index (χ1) is 27.4. The molecule has 0 aliphatic carbocycles. The number of para-hydroxylation sites is 2. The van der Waals surface area contributed by atoms with Gasteiger partial charge in [-0.2, -0.15) is 0 Å². The summed E-state index contributed by atoms with van der Waals surface area (Å²) in [6.07, 6.45) is 12.8. The van der Waals surface area contributed by atoms with Crippen LogP contribution in [0.15, 0.2) is 78.9 Å². The molecule has 9 nitrogen and oxygen atoms in total. The summed E-state index contributed by atoms with van der Waals surface area (Å²) >= 11 is 0. The van der Waals surface area contributed by atoms with E-state index in [4.69, 9.17) is 4.74 Å². The van der Waals surface area contributed by atoms with E-state index in [0.717, 1.165) is 98.6 Å². The number of H-pyrrole nitrogens is 2. The molecule has 0 saturated carbocycles. The van der Waals surface area contributed by atoms with E-state index in [1.165, 1.54) is 28.3 Å². The van der Waals surface area contributed by atoms with Crippen LogP contribution in [0.4, 0.5) is 4.79 Å². The van der Waals surface area contributed by atoms with Gasteiger partial charge in [0, 0.05) is 51.9 Å². The van der Waals surface area contributed by atoms with E-state index >= 15 is 0 Å². The van der Waals surface area contributed by atoms with Gasteiger partial charge in [-0.25, -0.2) is 4.79 Å². The fraction of sp³-hybridized carbons (Fsp3) is 0.468. The highest BCUT2D eigenvalue weighted by atomic mass is 16.5. The van der Waals surface area contributed by atoms with Crippen LogP contribution in [-0.4, -0.2) is 67.9 Å². The summed E-state index contributed by atoms with van der Waals surface area (Å²) in [5, 5.41) is 5.34. The maximum Gasteiger partial charge on any atom is 0.408 e. The van der Waals surface area contributed by atoms with Crippen LogP contribution in [0.1, 0.15) is 101 Å². The molecule has 292 valence electrons. The van der Waals surface area contributed by atoms with Crippen LogP contribution in [0, 0.1) is 5.92 Å². The van der Waals surface area contributed by atoms with Gasteiger partial charge in [-0.1, -0.05) is 99.3 Å². The number of aromatic nitrogens is 2. The maximum absolute atomic E-state index is 14.5. The van der Waals surface area contributed by atoms with Crippen molar-refractivity contribution >= 4 is 39.7 Å². The van der Waals surface area contributed by atoms with Crippen LogP contribution in [0.2, 0.25) is 0 Å². The van der Waals surface area contributed by atoms with Crippen LogP contribution in [0.3, 0.4) is 0 Å². The largest absolute Gasteiger partial charge is 0.445 e. The van der Waals surface area contributed by atoms with E-state index in [-0.39, 0.29) is 36.6 Å². The van der Waals surface area contributed by atoms with Crippen molar-refractivity contribution in [2.45, 2.75) is 134 Å². The molecule has 9 rings (SSSR count). The number of alkyl carbamates (subject to hydrolysis) is 1. The molecular weight excluding hydrogens is 699 g/mol. The lowest BCUT2D eigenvalue weighted by Crippen LogP contribution is -2.53. The number of fused-ring (bicyclic) bond motifs is 4. The van der Waals surface area contributed by atoms with Gasteiger partial charge in [0.05, 0.1) is 11.4 Å². The quantitative estimate of drug-likeness (QED) is 0.147. The summed E-state index contributed by atoms with van der Waals surface area (Å²) in [7, 11) is 0. The van der Waals surface area contributed by atoms with Gasteiger partial charge in [-0.15, -0.1) is 0 Å². The third-order valence-electron chi connectivity index (χ3n) is 13.4. The Morgan fingerprint density at radius 1 is 0.643 bits per heavy atom. The number of rotatable bonds is 8. The average Bonchev–Trinajstić information content (AvgIpc) is 3.99. The van der Waals surface area contributed by atoms with Crippen LogP contribution in [-0.2, 0) is 33.8 Å². The number of hydrogen-bond acceptors (Lipinski definition) is 4. The highest BCUT2D eigenvalue weighted by Crippen LogP contribution is 2.42. The number of nitrogens with zero attached hydrogens (tertiary/aromatic N) is 2. The molecule has 3 aromatic carbocycles. The third kappa shape index (κ3) is 7.09. The second-order valence-electron chi connectivity index (χ2n) is 16.9. The number of benzene rings is 3. The van der Waals surface area contributed by atoms with Gasteiger partial charge in [-0.3, -0.25) is 9.59 Å². The van der Waals surface area contributed by atoms with E-state index in [9.17, 15) is 14.4 Å². The normalized spacial score (nSPS) is 25.7. The predicted molar refractivity (Wildman–Crippen MR) is 220 cm³/mol. The molecule has 0 spiro atoms. The fourth-order valence-electron chi connectivity index (χ4n) is 10.6. The summed E-state index contributed by atoms with van der Waals surface area (Å²) in [6, 6.07) is 26.8. The first kappa shape index (κ1) is 36.6. The molecule has 2 aromatic heterocycles. The molecule has 4 aliphatic rings. The molecule has 4 saturated heterocycles. The van der Waals surface area contributed by atoms with Gasteiger partial charge in [0.25, 0.3) is 0 Å². The number of ether oxygens (including phenoxy) is 1. The molecule has 0 radical (unpaired) electrons. The number of amides is 3. The van der Waals surface area contributed by atoms with Gasteiger partial charge in [0.1, 0.15) is 12.6 Å². The van der Waals surface area contributed by atoms with Crippen molar-refractivity contribution in [1.29, 1.82) is 0 Å². The Balaban J connectivity index is 1.03. The monoisotopic (exact) mass is 753 g/mol. The summed E-state index contributed by atoms with van der Waals surface area (Å²) < 4.78 is 5.57. The molecule has 3 amide bonds. The topological polar surface area (TPSA) is 111 Å². The minimum atomic E-state index is -0.617. The van der Waals surface area contributed by atoms with Crippen molar-refractivity contribution in [1.82, 2.24) is 25.1 Å². The van der Waals surface area contributed by atoms with Crippen LogP contribution in [0.25, 0.3) is 33.2 Å². The van der Waals surface area contributed by atoms with Gasteiger partial charge in [-0.05, 0) is 93.0 Å². The highest BCUT2D eigenvalue weighted by molar-refractivity contribution is 5.96. The first-order valence-corrected chi connectivity index (χ1v) is 21.2. The lowest BCUT2D eigenvalue weighted by molar-refractivity contribution is -0.139. The summed E-state index contributed by atoms with van der Waals surface area (Å²) in [4.78, 5) is 53.6. The Hall–Kier alpha value is -5.05. The molecule has 0 bridgehead atoms. The van der Waals surface area contributed by atoms with Crippen LogP contribution < -0.4 is 5.32 Å². The van der Waals surface area contributed by atoms with Crippen molar-refractivity contribution in [2.24, 2.45) is 5.92 Å². The molecule has 5 aromatic rings. The molecule has 4 aliphatic heterocycles. The summed E-state index contributed by atoms with van der Waals surface area (Å²) in [5.41, 5.74) is 7.70. The van der Waals surface area contributed by atoms with Crippen LogP contribution >= 0.6 is 0 Å². The zero-order valence-corrected chi connectivity index (χ0v) is 32.6. The van der Waals surface area contributed by atoms with Crippen molar-refractivity contribution < 1.29 is 19.1 Å². The molecule has 1 unspecified atom stereocenters. The Morgan fingerprint density at radius 2 is 1.16 bits per heavy atom.